The van der Waals surface area contributed by atoms with E-state index in [1.165, 1.54) is 11.3 Å². The van der Waals surface area contributed by atoms with E-state index in [9.17, 15) is 4.79 Å². The topological polar surface area (TPSA) is 83.8 Å². The molecule has 3 aromatic heterocycles. The molecule has 24 heavy (non-hydrogen) atoms. The highest BCUT2D eigenvalue weighted by Gasteiger charge is 2.18. The Morgan fingerprint density at radius 2 is 2.12 bits per heavy atom. The fourth-order valence-electron chi connectivity index (χ4n) is 2.41. The van der Waals surface area contributed by atoms with Gasteiger partial charge in [-0.2, -0.15) is 0 Å². The lowest BCUT2D eigenvalue weighted by atomic mass is 10.3. The molecule has 4 aromatic rings. The Morgan fingerprint density at radius 3 is 2.92 bits per heavy atom. The van der Waals surface area contributed by atoms with Gasteiger partial charge in [-0.3, -0.25) is 4.79 Å². The van der Waals surface area contributed by atoms with E-state index in [4.69, 9.17) is 4.42 Å². The third kappa shape index (κ3) is 2.69. The summed E-state index contributed by atoms with van der Waals surface area (Å²) in [6, 6.07) is 11.1. The van der Waals surface area contributed by atoms with Crippen LogP contribution in [0.15, 0.2) is 52.5 Å². The number of imidazole rings is 1. The number of para-hydroxylation sites is 2. The molecular weight excluding hydrogens is 324 g/mol. The number of nitrogens with zero attached hydrogens (tertiary/aromatic N) is 2. The van der Waals surface area contributed by atoms with Crippen molar-refractivity contribution in [1.82, 2.24) is 20.3 Å². The van der Waals surface area contributed by atoms with E-state index >= 15 is 0 Å². The molecule has 7 heteroatoms. The number of hydrogen-bond donors (Lipinski definition) is 2. The number of hydrogen-bond acceptors (Lipinski definition) is 5. The van der Waals surface area contributed by atoms with Crippen molar-refractivity contribution in [2.75, 3.05) is 0 Å². The second-order valence-electron chi connectivity index (χ2n) is 5.35. The fraction of sp³-hybridized carbons (Fsp3) is 0.118. The molecule has 1 unspecified atom stereocenters. The summed E-state index contributed by atoms with van der Waals surface area (Å²) in [5.74, 6) is 1.13. The Hall–Kier alpha value is -2.93. The highest BCUT2D eigenvalue weighted by Crippen LogP contribution is 2.24. The standard InChI is InChI=1S/C17H14N4O2S/c1-10(15-19-11-5-2-3-6-12(11)20-15)18-16(22)13-9-24-17(21-13)14-7-4-8-23-14/h2-10H,1H3,(H,18,22)(H,19,20). The molecule has 0 aliphatic heterocycles. The molecule has 120 valence electrons. The molecule has 2 N–H and O–H groups in total. The summed E-state index contributed by atoms with van der Waals surface area (Å²) in [6.45, 7) is 1.88. The molecule has 1 amide bonds. The lowest BCUT2D eigenvalue weighted by Gasteiger charge is -2.09. The summed E-state index contributed by atoms with van der Waals surface area (Å²) in [7, 11) is 0. The number of aromatic nitrogens is 3. The summed E-state index contributed by atoms with van der Waals surface area (Å²) < 4.78 is 5.30. The fourth-order valence-corrected chi connectivity index (χ4v) is 3.17. The Bertz CT molecular complexity index is 954. The Labute approximate surface area is 141 Å². The highest BCUT2D eigenvalue weighted by molar-refractivity contribution is 7.13. The van der Waals surface area contributed by atoms with E-state index in [2.05, 4.69) is 20.3 Å². The minimum atomic E-state index is -0.251. The largest absolute Gasteiger partial charge is 0.462 e. The number of nitrogens with one attached hydrogen (secondary N) is 2. The molecule has 1 atom stereocenters. The lowest BCUT2D eigenvalue weighted by molar-refractivity contribution is 0.0934. The molecule has 0 saturated carbocycles. The Balaban J connectivity index is 1.51. The van der Waals surface area contributed by atoms with Crippen LogP contribution in [0.3, 0.4) is 0 Å². The van der Waals surface area contributed by atoms with Crippen LogP contribution >= 0.6 is 11.3 Å². The molecule has 0 fully saturated rings. The van der Waals surface area contributed by atoms with E-state index in [0.29, 0.717) is 22.3 Å². The van der Waals surface area contributed by atoms with E-state index in [1.54, 1.807) is 17.7 Å². The van der Waals surface area contributed by atoms with Crippen LogP contribution in [0.25, 0.3) is 21.8 Å². The van der Waals surface area contributed by atoms with Crippen molar-refractivity contribution in [3.8, 4) is 10.8 Å². The van der Waals surface area contributed by atoms with Crippen molar-refractivity contribution in [2.45, 2.75) is 13.0 Å². The first-order valence-electron chi connectivity index (χ1n) is 7.45. The summed E-state index contributed by atoms with van der Waals surface area (Å²) in [4.78, 5) is 24.4. The summed E-state index contributed by atoms with van der Waals surface area (Å²) in [5, 5.41) is 5.32. The lowest BCUT2D eigenvalue weighted by Crippen LogP contribution is -2.27. The van der Waals surface area contributed by atoms with Crippen molar-refractivity contribution >= 4 is 28.3 Å². The number of fused-ring (bicyclic) bond motifs is 1. The zero-order valence-electron chi connectivity index (χ0n) is 12.8. The number of H-pyrrole nitrogens is 1. The number of amides is 1. The van der Waals surface area contributed by atoms with Gasteiger partial charge >= 0.3 is 0 Å². The SMILES string of the molecule is CC(NC(=O)c1csc(-c2ccco2)n1)c1nc2ccccc2[nH]1. The van der Waals surface area contributed by atoms with Crippen LogP contribution in [0.1, 0.15) is 29.3 Å². The average Bonchev–Trinajstić information content (AvgIpc) is 3.32. The van der Waals surface area contributed by atoms with Gasteiger partial charge in [-0.25, -0.2) is 9.97 Å². The summed E-state index contributed by atoms with van der Waals surface area (Å²) >= 11 is 1.37. The van der Waals surface area contributed by atoms with E-state index in [1.807, 2.05) is 37.3 Å². The van der Waals surface area contributed by atoms with Crippen molar-refractivity contribution in [3.63, 3.8) is 0 Å². The number of thiazole rings is 1. The van der Waals surface area contributed by atoms with Gasteiger partial charge in [-0.1, -0.05) is 12.1 Å². The van der Waals surface area contributed by atoms with Crippen LogP contribution in [0.5, 0.6) is 0 Å². The van der Waals surface area contributed by atoms with Gasteiger partial charge in [0.1, 0.15) is 11.5 Å². The number of rotatable bonds is 4. The van der Waals surface area contributed by atoms with Gasteiger partial charge in [-0.15, -0.1) is 11.3 Å². The number of benzene rings is 1. The molecular formula is C17H14N4O2S. The van der Waals surface area contributed by atoms with Crippen molar-refractivity contribution in [2.24, 2.45) is 0 Å². The van der Waals surface area contributed by atoms with Crippen LogP contribution in [0.2, 0.25) is 0 Å². The second-order valence-corrected chi connectivity index (χ2v) is 6.21. The van der Waals surface area contributed by atoms with Gasteiger partial charge < -0.3 is 14.7 Å². The maximum Gasteiger partial charge on any atom is 0.271 e. The molecule has 4 rings (SSSR count). The molecule has 6 nitrogen and oxygen atoms in total. The molecule has 0 aliphatic carbocycles. The van der Waals surface area contributed by atoms with Crippen LogP contribution in [-0.4, -0.2) is 20.9 Å². The quantitative estimate of drug-likeness (QED) is 0.593. The van der Waals surface area contributed by atoms with E-state index in [0.717, 1.165) is 11.0 Å². The summed E-state index contributed by atoms with van der Waals surface area (Å²) in [5.41, 5.74) is 2.19. The Morgan fingerprint density at radius 1 is 1.25 bits per heavy atom. The predicted octanol–water partition coefficient (Wildman–Crippen LogP) is 3.77. The average molecular weight is 338 g/mol. The number of carbonyl (C=O) groups excluding carboxylic acids is 1. The maximum absolute atomic E-state index is 12.4. The zero-order valence-corrected chi connectivity index (χ0v) is 13.6. The zero-order chi connectivity index (χ0) is 16.5. The predicted molar refractivity (Wildman–Crippen MR) is 91.8 cm³/mol. The van der Waals surface area contributed by atoms with Crippen LogP contribution in [0.4, 0.5) is 0 Å². The van der Waals surface area contributed by atoms with E-state index in [-0.39, 0.29) is 11.9 Å². The first-order valence-corrected chi connectivity index (χ1v) is 8.33. The molecule has 0 bridgehead atoms. The minimum Gasteiger partial charge on any atom is -0.462 e. The first-order chi connectivity index (χ1) is 11.7. The molecule has 0 saturated heterocycles. The molecule has 0 spiro atoms. The van der Waals surface area contributed by atoms with E-state index < -0.39 is 0 Å². The monoisotopic (exact) mass is 338 g/mol. The third-order valence-electron chi connectivity index (χ3n) is 3.63. The van der Waals surface area contributed by atoms with Crippen LogP contribution in [-0.2, 0) is 0 Å². The smallest absolute Gasteiger partial charge is 0.271 e. The van der Waals surface area contributed by atoms with Crippen molar-refractivity contribution < 1.29 is 9.21 Å². The van der Waals surface area contributed by atoms with Gasteiger partial charge in [0, 0.05) is 5.38 Å². The number of furan rings is 1. The highest BCUT2D eigenvalue weighted by atomic mass is 32.1. The van der Waals surface area contributed by atoms with Crippen LogP contribution < -0.4 is 5.32 Å². The molecule has 0 aliphatic rings. The van der Waals surface area contributed by atoms with Gasteiger partial charge in [0.2, 0.25) is 0 Å². The number of carbonyl (C=O) groups is 1. The maximum atomic E-state index is 12.4. The second kappa shape index (κ2) is 5.93. The first kappa shape index (κ1) is 14.6. The minimum absolute atomic E-state index is 0.239. The normalized spacial score (nSPS) is 12.4. The molecule has 3 heterocycles. The summed E-state index contributed by atoms with van der Waals surface area (Å²) in [6.07, 6.45) is 1.58. The van der Waals surface area contributed by atoms with Crippen molar-refractivity contribution in [3.05, 3.63) is 59.6 Å². The van der Waals surface area contributed by atoms with Gasteiger partial charge in [0.15, 0.2) is 10.8 Å². The van der Waals surface area contributed by atoms with Crippen molar-refractivity contribution in [1.29, 1.82) is 0 Å². The number of aromatic amines is 1. The van der Waals surface area contributed by atoms with Gasteiger partial charge in [0.05, 0.1) is 23.3 Å². The third-order valence-corrected chi connectivity index (χ3v) is 4.49. The van der Waals surface area contributed by atoms with Gasteiger partial charge in [-0.05, 0) is 31.2 Å². The Kier molecular flexibility index (Phi) is 3.62. The molecule has 1 aromatic carbocycles. The van der Waals surface area contributed by atoms with Gasteiger partial charge in [0.25, 0.3) is 5.91 Å². The van der Waals surface area contributed by atoms with Crippen LogP contribution in [0, 0.1) is 0 Å². The molecule has 0 radical (unpaired) electrons.